The number of alkyl halides is 1. The van der Waals surface area contributed by atoms with Crippen molar-refractivity contribution in [1.29, 1.82) is 0 Å². The predicted molar refractivity (Wildman–Crippen MR) is 66.0 cm³/mol. The number of hydrogen-bond acceptors (Lipinski definition) is 2. The number of H-pyrrole nitrogens is 2. The van der Waals surface area contributed by atoms with Crippen LogP contribution in [-0.2, 0) is 6.54 Å². The summed E-state index contributed by atoms with van der Waals surface area (Å²) in [4.78, 5) is 16.5. The van der Waals surface area contributed by atoms with Gasteiger partial charge in [-0.2, -0.15) is 0 Å². The van der Waals surface area contributed by atoms with Gasteiger partial charge in [-0.15, -0.1) is 11.6 Å². The Morgan fingerprint density at radius 3 is 2.88 bits per heavy atom. The van der Waals surface area contributed by atoms with Crippen LogP contribution in [0.25, 0.3) is 11.0 Å². The Morgan fingerprint density at radius 1 is 1.25 bits per heavy atom. The Bertz CT molecular complexity index is 517. The Hall–Kier alpha value is -1.26. The molecular formula is C11H14ClN3O. The molecular weight excluding hydrogens is 226 g/mol. The second kappa shape index (κ2) is 5.18. The highest BCUT2D eigenvalue weighted by Gasteiger charge is 1.99. The summed E-state index contributed by atoms with van der Waals surface area (Å²) in [6, 6.07) is 5.88. The van der Waals surface area contributed by atoms with Crippen LogP contribution in [0.1, 0.15) is 12.0 Å². The average Bonchev–Trinajstić information content (AvgIpc) is 2.64. The summed E-state index contributed by atoms with van der Waals surface area (Å²) in [5, 5.41) is 3.29. The summed E-state index contributed by atoms with van der Waals surface area (Å²) >= 11 is 5.58. The van der Waals surface area contributed by atoms with E-state index < -0.39 is 0 Å². The van der Waals surface area contributed by atoms with E-state index in [2.05, 4.69) is 15.3 Å². The molecule has 0 spiro atoms. The van der Waals surface area contributed by atoms with Gasteiger partial charge in [0.1, 0.15) is 0 Å². The van der Waals surface area contributed by atoms with Crippen LogP contribution in [0.3, 0.4) is 0 Å². The number of rotatable bonds is 5. The van der Waals surface area contributed by atoms with Crippen LogP contribution in [0.4, 0.5) is 0 Å². The number of benzene rings is 1. The highest BCUT2D eigenvalue weighted by molar-refractivity contribution is 6.17. The van der Waals surface area contributed by atoms with Crippen LogP contribution in [0.15, 0.2) is 23.0 Å². The molecule has 1 aromatic heterocycles. The lowest BCUT2D eigenvalue weighted by Gasteiger charge is -2.03. The second-order valence-electron chi connectivity index (χ2n) is 3.68. The minimum Gasteiger partial charge on any atom is -0.313 e. The number of aromatic amines is 2. The summed E-state index contributed by atoms with van der Waals surface area (Å²) in [7, 11) is 0. The highest BCUT2D eigenvalue weighted by Crippen LogP contribution is 2.09. The van der Waals surface area contributed by atoms with Crippen molar-refractivity contribution < 1.29 is 0 Å². The second-order valence-corrected chi connectivity index (χ2v) is 4.06. The smallest absolute Gasteiger partial charge is 0.313 e. The fraction of sp³-hybridized carbons (Fsp3) is 0.364. The molecule has 86 valence electrons. The van der Waals surface area contributed by atoms with Gasteiger partial charge in [0.25, 0.3) is 0 Å². The van der Waals surface area contributed by atoms with E-state index >= 15 is 0 Å². The topological polar surface area (TPSA) is 60.7 Å². The molecule has 0 aliphatic rings. The molecule has 0 bridgehead atoms. The standard InChI is InChI=1S/C11H14ClN3O/c12-4-1-5-13-7-8-2-3-9-10(6-8)15-11(16)14-9/h2-3,6,13H,1,4-5,7H2,(H2,14,15,16). The molecule has 0 radical (unpaired) electrons. The summed E-state index contributed by atoms with van der Waals surface area (Å²) in [6.07, 6.45) is 0.963. The predicted octanol–water partition coefficient (Wildman–Crippen LogP) is 1.57. The van der Waals surface area contributed by atoms with Crippen molar-refractivity contribution in [2.45, 2.75) is 13.0 Å². The third kappa shape index (κ3) is 2.65. The monoisotopic (exact) mass is 239 g/mol. The Labute approximate surface area is 98.0 Å². The van der Waals surface area contributed by atoms with Crippen molar-refractivity contribution in [3.05, 3.63) is 34.2 Å². The van der Waals surface area contributed by atoms with Crippen LogP contribution in [0.2, 0.25) is 0 Å². The molecule has 0 unspecified atom stereocenters. The first-order chi connectivity index (χ1) is 7.79. The maximum Gasteiger partial charge on any atom is 0.323 e. The van der Waals surface area contributed by atoms with E-state index in [1.165, 1.54) is 0 Å². The summed E-state index contributed by atoms with van der Waals surface area (Å²) in [6.45, 7) is 1.70. The van der Waals surface area contributed by atoms with E-state index in [-0.39, 0.29) is 5.69 Å². The molecule has 0 saturated heterocycles. The normalized spacial score (nSPS) is 11.1. The lowest BCUT2D eigenvalue weighted by molar-refractivity contribution is 0.678. The molecule has 0 amide bonds. The Kier molecular flexibility index (Phi) is 3.64. The molecule has 1 heterocycles. The molecule has 0 atom stereocenters. The Morgan fingerprint density at radius 2 is 2.06 bits per heavy atom. The zero-order valence-corrected chi connectivity index (χ0v) is 9.60. The van der Waals surface area contributed by atoms with Crippen LogP contribution in [0, 0.1) is 0 Å². The summed E-state index contributed by atoms with van der Waals surface area (Å²) in [5.74, 6) is 0.678. The van der Waals surface area contributed by atoms with Gasteiger partial charge in [-0.25, -0.2) is 4.79 Å². The van der Waals surface area contributed by atoms with Crippen molar-refractivity contribution >= 4 is 22.6 Å². The molecule has 2 aromatic rings. The lowest BCUT2D eigenvalue weighted by Crippen LogP contribution is -2.14. The van der Waals surface area contributed by atoms with Gasteiger partial charge < -0.3 is 15.3 Å². The molecule has 2 rings (SSSR count). The zero-order valence-electron chi connectivity index (χ0n) is 8.85. The van der Waals surface area contributed by atoms with Gasteiger partial charge in [-0.1, -0.05) is 6.07 Å². The number of hydrogen-bond donors (Lipinski definition) is 3. The number of aromatic nitrogens is 2. The van der Waals surface area contributed by atoms with Crippen molar-refractivity contribution in [3.63, 3.8) is 0 Å². The van der Waals surface area contributed by atoms with Crippen LogP contribution >= 0.6 is 11.6 Å². The van der Waals surface area contributed by atoms with Gasteiger partial charge in [0.2, 0.25) is 0 Å². The van der Waals surface area contributed by atoms with Crippen molar-refractivity contribution in [3.8, 4) is 0 Å². The molecule has 4 nitrogen and oxygen atoms in total. The minimum atomic E-state index is -0.165. The van der Waals surface area contributed by atoms with Gasteiger partial charge >= 0.3 is 5.69 Å². The van der Waals surface area contributed by atoms with Gasteiger partial charge in [-0.05, 0) is 30.7 Å². The number of imidazole rings is 1. The van der Waals surface area contributed by atoms with Gasteiger partial charge in [0.05, 0.1) is 11.0 Å². The third-order valence-electron chi connectivity index (χ3n) is 2.40. The van der Waals surface area contributed by atoms with E-state index in [4.69, 9.17) is 11.6 Å². The van der Waals surface area contributed by atoms with Crippen LogP contribution in [-0.4, -0.2) is 22.4 Å². The zero-order chi connectivity index (χ0) is 11.4. The number of halogens is 1. The summed E-state index contributed by atoms with van der Waals surface area (Å²) in [5.41, 5.74) is 2.68. The molecule has 0 fully saturated rings. The first-order valence-corrected chi connectivity index (χ1v) is 5.80. The molecule has 0 saturated carbocycles. The molecule has 3 N–H and O–H groups in total. The van der Waals surface area contributed by atoms with Gasteiger partial charge in [0.15, 0.2) is 0 Å². The third-order valence-corrected chi connectivity index (χ3v) is 2.66. The molecule has 0 aliphatic carbocycles. The summed E-state index contributed by atoms with van der Waals surface area (Å²) < 4.78 is 0. The molecule has 0 aliphatic heterocycles. The fourth-order valence-electron chi connectivity index (χ4n) is 1.61. The van der Waals surface area contributed by atoms with Gasteiger partial charge in [-0.3, -0.25) is 0 Å². The maximum absolute atomic E-state index is 11.1. The van der Waals surface area contributed by atoms with Crippen LogP contribution < -0.4 is 11.0 Å². The largest absolute Gasteiger partial charge is 0.323 e. The lowest BCUT2D eigenvalue weighted by atomic mass is 10.2. The van der Waals surface area contributed by atoms with Gasteiger partial charge in [0, 0.05) is 12.4 Å². The van der Waals surface area contributed by atoms with Crippen molar-refractivity contribution in [2.24, 2.45) is 0 Å². The molecule has 5 heteroatoms. The van der Waals surface area contributed by atoms with E-state index in [0.717, 1.165) is 36.1 Å². The first kappa shape index (κ1) is 11.2. The van der Waals surface area contributed by atoms with E-state index in [1.807, 2.05) is 18.2 Å². The minimum absolute atomic E-state index is 0.165. The molecule has 16 heavy (non-hydrogen) atoms. The number of fused-ring (bicyclic) bond motifs is 1. The SMILES string of the molecule is O=c1[nH]c2ccc(CNCCCCl)cc2[nH]1. The average molecular weight is 240 g/mol. The molecule has 1 aromatic carbocycles. The highest BCUT2D eigenvalue weighted by atomic mass is 35.5. The quantitative estimate of drug-likeness (QED) is 0.548. The van der Waals surface area contributed by atoms with Crippen LogP contribution in [0.5, 0.6) is 0 Å². The Balaban J connectivity index is 2.04. The maximum atomic E-state index is 11.1. The van der Waals surface area contributed by atoms with E-state index in [0.29, 0.717) is 5.88 Å². The first-order valence-electron chi connectivity index (χ1n) is 5.27. The van der Waals surface area contributed by atoms with E-state index in [1.54, 1.807) is 0 Å². The van der Waals surface area contributed by atoms with Crippen molar-refractivity contribution in [2.75, 3.05) is 12.4 Å². The van der Waals surface area contributed by atoms with Crippen molar-refractivity contribution in [1.82, 2.24) is 15.3 Å². The van der Waals surface area contributed by atoms with E-state index in [9.17, 15) is 4.79 Å². The number of nitrogens with one attached hydrogen (secondary N) is 3. The fourth-order valence-corrected chi connectivity index (χ4v) is 1.75.